The Bertz CT molecular complexity index is 654. The van der Waals surface area contributed by atoms with Crippen LogP contribution in [0.4, 0.5) is 11.4 Å². The van der Waals surface area contributed by atoms with E-state index in [0.29, 0.717) is 11.6 Å². The highest BCUT2D eigenvalue weighted by molar-refractivity contribution is 5.92. The van der Waals surface area contributed by atoms with Crippen LogP contribution < -0.4 is 4.90 Å². The van der Waals surface area contributed by atoms with Gasteiger partial charge in [-0.3, -0.25) is 4.79 Å². The maximum absolute atomic E-state index is 12.5. The van der Waals surface area contributed by atoms with Crippen molar-refractivity contribution in [3.05, 3.63) is 54.4 Å². The molecule has 0 N–H and O–H groups in total. The molecule has 3 rings (SSSR count). The number of para-hydroxylation sites is 1. The number of carbonyl (C=O) groups is 1. The number of carbonyl (C=O) groups excluding carboxylic acids is 1. The number of nitrogens with zero attached hydrogens (tertiary/aromatic N) is 3. The van der Waals surface area contributed by atoms with Gasteiger partial charge in [0.25, 0.3) is 5.91 Å². The number of pyridine rings is 1. The molecule has 1 aliphatic heterocycles. The van der Waals surface area contributed by atoms with Crippen molar-refractivity contribution in [1.82, 2.24) is 9.88 Å². The lowest BCUT2D eigenvalue weighted by Gasteiger charge is -2.30. The van der Waals surface area contributed by atoms with Crippen LogP contribution in [0.15, 0.2) is 48.7 Å². The molecule has 4 nitrogen and oxygen atoms in total. The Balaban J connectivity index is 1.73. The lowest BCUT2D eigenvalue weighted by Crippen LogP contribution is -2.39. The number of rotatable bonds is 3. The van der Waals surface area contributed by atoms with Gasteiger partial charge in [-0.05, 0) is 43.0 Å². The summed E-state index contributed by atoms with van der Waals surface area (Å²) in [5.74, 6) is 0.627. The molecule has 1 aromatic heterocycles. The van der Waals surface area contributed by atoms with E-state index in [2.05, 4.69) is 16.8 Å². The van der Waals surface area contributed by atoms with Gasteiger partial charge in [0.2, 0.25) is 0 Å². The third-order valence-corrected chi connectivity index (χ3v) is 4.44. The molecule has 0 spiro atoms. The maximum atomic E-state index is 12.5. The summed E-state index contributed by atoms with van der Waals surface area (Å²) in [6.45, 7) is 3.88. The Kier molecular flexibility index (Phi) is 4.60. The average Bonchev–Trinajstić information content (AvgIpc) is 2.61. The fraction of sp³-hybridized carbons (Fsp3) is 0.368. The van der Waals surface area contributed by atoms with E-state index in [1.807, 2.05) is 54.4 Å². The molecule has 1 amide bonds. The molecule has 4 heteroatoms. The van der Waals surface area contributed by atoms with Crippen molar-refractivity contribution in [2.24, 2.45) is 5.92 Å². The van der Waals surface area contributed by atoms with Gasteiger partial charge in [0.1, 0.15) is 5.69 Å². The van der Waals surface area contributed by atoms with Crippen LogP contribution in [-0.2, 0) is 0 Å². The Hall–Kier alpha value is -2.36. The van der Waals surface area contributed by atoms with Gasteiger partial charge in [-0.1, -0.05) is 25.1 Å². The summed E-state index contributed by atoms with van der Waals surface area (Å²) in [5.41, 5.74) is 2.60. The first-order valence-electron chi connectivity index (χ1n) is 8.19. The van der Waals surface area contributed by atoms with Gasteiger partial charge in [-0.2, -0.15) is 0 Å². The zero-order valence-corrected chi connectivity index (χ0v) is 13.8. The zero-order chi connectivity index (χ0) is 16.2. The lowest BCUT2D eigenvalue weighted by atomic mass is 10.00. The van der Waals surface area contributed by atoms with Crippen LogP contribution in [0.3, 0.4) is 0 Å². The highest BCUT2D eigenvalue weighted by Gasteiger charge is 2.22. The number of benzene rings is 1. The van der Waals surface area contributed by atoms with E-state index >= 15 is 0 Å². The molecular weight excluding hydrogens is 286 g/mol. The van der Waals surface area contributed by atoms with Crippen molar-refractivity contribution in [3.8, 4) is 0 Å². The number of piperidine rings is 1. The summed E-state index contributed by atoms with van der Waals surface area (Å²) in [5, 5.41) is 0. The molecule has 120 valence electrons. The number of amides is 1. The van der Waals surface area contributed by atoms with E-state index in [1.165, 1.54) is 6.42 Å². The van der Waals surface area contributed by atoms with Crippen LogP contribution in [-0.4, -0.2) is 35.9 Å². The largest absolute Gasteiger partial charge is 0.343 e. The van der Waals surface area contributed by atoms with Crippen molar-refractivity contribution in [1.29, 1.82) is 0 Å². The summed E-state index contributed by atoms with van der Waals surface area (Å²) < 4.78 is 0. The Morgan fingerprint density at radius 2 is 1.96 bits per heavy atom. The van der Waals surface area contributed by atoms with E-state index in [1.54, 1.807) is 6.20 Å². The molecule has 1 aliphatic rings. The minimum atomic E-state index is 0.0467. The highest BCUT2D eigenvalue weighted by atomic mass is 16.2. The van der Waals surface area contributed by atoms with Gasteiger partial charge < -0.3 is 9.80 Å². The number of aromatic nitrogens is 1. The van der Waals surface area contributed by atoms with Gasteiger partial charge in [0.05, 0.1) is 11.9 Å². The van der Waals surface area contributed by atoms with E-state index in [-0.39, 0.29) is 5.91 Å². The minimum absolute atomic E-state index is 0.0467. The molecule has 0 bridgehead atoms. The molecule has 23 heavy (non-hydrogen) atoms. The predicted octanol–water partition coefficient (Wildman–Crippen LogP) is 3.72. The minimum Gasteiger partial charge on any atom is -0.343 e. The normalized spacial score (nSPS) is 17.8. The fourth-order valence-corrected chi connectivity index (χ4v) is 3.05. The first-order valence-corrected chi connectivity index (χ1v) is 8.19. The van der Waals surface area contributed by atoms with Crippen LogP contribution in [0, 0.1) is 5.92 Å². The van der Waals surface area contributed by atoms with E-state index < -0.39 is 0 Å². The number of anilines is 2. The highest BCUT2D eigenvalue weighted by Crippen LogP contribution is 2.23. The van der Waals surface area contributed by atoms with Crippen LogP contribution in [0.5, 0.6) is 0 Å². The topological polar surface area (TPSA) is 36.4 Å². The van der Waals surface area contributed by atoms with Crippen LogP contribution in [0.2, 0.25) is 0 Å². The summed E-state index contributed by atoms with van der Waals surface area (Å²) >= 11 is 0. The molecule has 1 aromatic carbocycles. The second-order valence-corrected chi connectivity index (χ2v) is 6.29. The molecule has 1 saturated heterocycles. The summed E-state index contributed by atoms with van der Waals surface area (Å²) in [7, 11) is 2.00. The molecule has 1 atom stereocenters. The van der Waals surface area contributed by atoms with Crippen molar-refractivity contribution >= 4 is 17.3 Å². The van der Waals surface area contributed by atoms with Gasteiger partial charge in [-0.25, -0.2) is 4.98 Å². The van der Waals surface area contributed by atoms with Gasteiger partial charge in [-0.15, -0.1) is 0 Å². The summed E-state index contributed by atoms with van der Waals surface area (Å²) in [6.07, 6.45) is 4.06. The van der Waals surface area contributed by atoms with Gasteiger partial charge >= 0.3 is 0 Å². The quantitative estimate of drug-likeness (QED) is 0.867. The second kappa shape index (κ2) is 6.82. The fourth-order valence-electron chi connectivity index (χ4n) is 3.05. The third-order valence-electron chi connectivity index (χ3n) is 4.44. The van der Waals surface area contributed by atoms with Crippen molar-refractivity contribution in [3.63, 3.8) is 0 Å². The van der Waals surface area contributed by atoms with Gasteiger partial charge in [0, 0.05) is 25.8 Å². The zero-order valence-electron chi connectivity index (χ0n) is 13.8. The molecule has 1 unspecified atom stereocenters. The monoisotopic (exact) mass is 309 g/mol. The van der Waals surface area contributed by atoms with Crippen LogP contribution in [0.25, 0.3) is 0 Å². The molecule has 1 fully saturated rings. The number of likely N-dealkylation sites (tertiary alicyclic amines) is 1. The standard InChI is InChI=1S/C19H23N3O/c1-15-7-6-12-22(14-15)19(23)18-11-10-17(13-20-18)21(2)16-8-4-3-5-9-16/h3-5,8-11,13,15H,6-7,12,14H2,1-2H3. The molecule has 2 heterocycles. The van der Waals surface area contributed by atoms with E-state index in [4.69, 9.17) is 0 Å². The average molecular weight is 309 g/mol. The lowest BCUT2D eigenvalue weighted by molar-refractivity contribution is 0.0677. The Labute approximate surface area is 137 Å². The number of hydrogen-bond acceptors (Lipinski definition) is 3. The van der Waals surface area contributed by atoms with Crippen molar-refractivity contribution < 1.29 is 4.79 Å². The second-order valence-electron chi connectivity index (χ2n) is 6.29. The van der Waals surface area contributed by atoms with Crippen LogP contribution in [0.1, 0.15) is 30.3 Å². The smallest absolute Gasteiger partial charge is 0.272 e. The predicted molar refractivity (Wildman–Crippen MR) is 93.0 cm³/mol. The maximum Gasteiger partial charge on any atom is 0.272 e. The third kappa shape index (κ3) is 3.52. The van der Waals surface area contributed by atoms with Crippen molar-refractivity contribution in [2.45, 2.75) is 19.8 Å². The molecule has 0 saturated carbocycles. The molecule has 0 radical (unpaired) electrons. The summed E-state index contributed by atoms with van der Waals surface area (Å²) in [4.78, 5) is 20.9. The first-order chi connectivity index (χ1) is 11.1. The van der Waals surface area contributed by atoms with Crippen molar-refractivity contribution in [2.75, 3.05) is 25.0 Å². The number of hydrogen-bond donors (Lipinski definition) is 0. The SMILES string of the molecule is CC1CCCN(C(=O)c2ccc(N(C)c3ccccc3)cn2)C1. The Morgan fingerprint density at radius 3 is 2.61 bits per heavy atom. The first kappa shape index (κ1) is 15.5. The molecule has 2 aromatic rings. The van der Waals surface area contributed by atoms with E-state index in [0.717, 1.165) is 30.9 Å². The molecular formula is C19H23N3O. The molecule has 0 aliphatic carbocycles. The van der Waals surface area contributed by atoms with E-state index in [9.17, 15) is 4.79 Å². The summed E-state index contributed by atoms with van der Waals surface area (Å²) in [6, 6.07) is 13.9. The van der Waals surface area contributed by atoms with Crippen LogP contribution >= 0.6 is 0 Å². The van der Waals surface area contributed by atoms with Gasteiger partial charge in [0.15, 0.2) is 0 Å². The Morgan fingerprint density at radius 1 is 1.17 bits per heavy atom.